The van der Waals surface area contributed by atoms with Crippen molar-refractivity contribution in [1.29, 1.82) is 0 Å². The fourth-order valence-corrected chi connectivity index (χ4v) is 5.08. The molecule has 0 spiro atoms. The predicted molar refractivity (Wildman–Crippen MR) is 125 cm³/mol. The van der Waals surface area contributed by atoms with E-state index in [4.69, 9.17) is 21.3 Å². The van der Waals surface area contributed by atoms with Crippen LogP contribution in [0, 0.1) is 0 Å². The van der Waals surface area contributed by atoms with E-state index in [1.165, 1.54) is 11.3 Å². The number of imidazole rings is 1. The lowest BCUT2D eigenvalue weighted by atomic mass is 10.00. The van der Waals surface area contributed by atoms with Crippen LogP contribution in [-0.4, -0.2) is 26.6 Å². The van der Waals surface area contributed by atoms with Crippen LogP contribution in [0.1, 0.15) is 0 Å². The first-order valence-electron chi connectivity index (χ1n) is 9.50. The number of aromatic amines is 1. The summed E-state index contributed by atoms with van der Waals surface area (Å²) in [6, 6.07) is 15.3. The Morgan fingerprint density at radius 2 is 1.97 bits per heavy atom. The van der Waals surface area contributed by atoms with Gasteiger partial charge in [0, 0.05) is 40.5 Å². The second-order valence-corrected chi connectivity index (χ2v) is 8.38. The van der Waals surface area contributed by atoms with Crippen molar-refractivity contribution < 1.29 is 4.74 Å². The highest BCUT2D eigenvalue weighted by Gasteiger charge is 2.22. The number of H-pyrrole nitrogens is 1. The smallest absolute Gasteiger partial charge is 0.260 e. The Balaban J connectivity index is 1.86. The molecule has 31 heavy (non-hydrogen) atoms. The van der Waals surface area contributed by atoms with E-state index in [0.29, 0.717) is 32.6 Å². The maximum atomic E-state index is 13.3. The Morgan fingerprint density at radius 3 is 2.68 bits per heavy atom. The molecule has 3 aromatic heterocycles. The van der Waals surface area contributed by atoms with Gasteiger partial charge in [-0.15, -0.1) is 11.3 Å². The number of ether oxygens (including phenoxy) is 1. The third-order valence-electron chi connectivity index (χ3n) is 5.08. The average Bonchev–Trinajstić information content (AvgIpc) is 3.38. The van der Waals surface area contributed by atoms with Crippen molar-refractivity contribution in [3.63, 3.8) is 0 Å². The fourth-order valence-electron chi connectivity index (χ4n) is 3.58. The van der Waals surface area contributed by atoms with E-state index in [1.54, 1.807) is 19.4 Å². The zero-order valence-electron chi connectivity index (χ0n) is 16.7. The highest BCUT2D eigenvalue weighted by Crippen LogP contribution is 2.46. The summed E-state index contributed by atoms with van der Waals surface area (Å²) >= 11 is 8.01. The number of hydrogen-bond donors (Lipinski definition) is 1. The minimum atomic E-state index is -0.219. The molecule has 6 nitrogen and oxygen atoms in total. The largest absolute Gasteiger partial charge is 0.497 e. The molecule has 5 aromatic rings. The molecule has 0 aliphatic carbocycles. The van der Waals surface area contributed by atoms with Gasteiger partial charge in [0.15, 0.2) is 11.6 Å². The van der Waals surface area contributed by atoms with Crippen LogP contribution in [0.2, 0.25) is 5.02 Å². The Labute approximate surface area is 186 Å². The van der Waals surface area contributed by atoms with Gasteiger partial charge in [0.25, 0.3) is 5.56 Å². The third kappa shape index (κ3) is 3.32. The van der Waals surface area contributed by atoms with Gasteiger partial charge in [0.2, 0.25) is 0 Å². The first-order chi connectivity index (χ1) is 15.1. The maximum absolute atomic E-state index is 13.3. The number of methoxy groups -OCH3 is 1. The van der Waals surface area contributed by atoms with E-state index in [-0.39, 0.29) is 5.56 Å². The number of rotatable bonds is 4. The van der Waals surface area contributed by atoms with Crippen LogP contribution >= 0.6 is 22.9 Å². The van der Waals surface area contributed by atoms with Gasteiger partial charge in [-0.05, 0) is 23.8 Å². The number of thiophene rings is 1. The monoisotopic (exact) mass is 448 g/mol. The molecule has 2 aromatic carbocycles. The van der Waals surface area contributed by atoms with E-state index in [9.17, 15) is 4.79 Å². The summed E-state index contributed by atoms with van der Waals surface area (Å²) in [4.78, 5) is 26.7. The highest BCUT2D eigenvalue weighted by molar-refractivity contribution is 7.22. The molecule has 0 aliphatic heterocycles. The summed E-state index contributed by atoms with van der Waals surface area (Å²) in [5, 5.41) is 1.10. The number of fused-ring (bicyclic) bond motifs is 1. The minimum Gasteiger partial charge on any atom is -0.497 e. The van der Waals surface area contributed by atoms with Gasteiger partial charge in [0.05, 0.1) is 12.5 Å². The van der Waals surface area contributed by atoms with Crippen molar-refractivity contribution in [3.05, 3.63) is 76.3 Å². The lowest BCUT2D eigenvalue weighted by Crippen LogP contribution is -2.10. The zero-order valence-corrected chi connectivity index (χ0v) is 18.3. The fraction of sp³-hybridized carbons (Fsp3) is 0.0870. The molecule has 5 rings (SSSR count). The molecule has 0 bridgehead atoms. The summed E-state index contributed by atoms with van der Waals surface area (Å²) in [7, 11) is 3.47. The molecule has 0 saturated carbocycles. The Kier molecular flexibility index (Phi) is 4.84. The standard InChI is InChI=1S/C23H17ClN4O2S/c1-28-11-10-25-21(28)20-26-22(29)18-17(13-6-4-3-5-7-13)19(31-23(18)27-20)15-12-14(30-2)8-9-16(15)24/h3-12H,1-2H3,(H,26,27,29). The van der Waals surface area contributed by atoms with Gasteiger partial charge in [-0.3, -0.25) is 4.79 Å². The first-order valence-corrected chi connectivity index (χ1v) is 10.7. The Bertz CT molecular complexity index is 1470. The van der Waals surface area contributed by atoms with E-state index < -0.39 is 0 Å². The second-order valence-electron chi connectivity index (χ2n) is 6.97. The van der Waals surface area contributed by atoms with E-state index >= 15 is 0 Å². The van der Waals surface area contributed by atoms with Gasteiger partial charge in [-0.2, -0.15) is 0 Å². The Morgan fingerprint density at radius 1 is 1.16 bits per heavy atom. The molecule has 8 heteroatoms. The Hall–Kier alpha value is -3.42. The van der Waals surface area contributed by atoms with Crippen molar-refractivity contribution in [2.45, 2.75) is 0 Å². The lowest BCUT2D eigenvalue weighted by Gasteiger charge is -2.09. The van der Waals surface area contributed by atoms with Crippen LogP contribution in [0.4, 0.5) is 0 Å². The van der Waals surface area contributed by atoms with Gasteiger partial charge in [-0.25, -0.2) is 9.97 Å². The molecular weight excluding hydrogens is 432 g/mol. The van der Waals surface area contributed by atoms with Crippen molar-refractivity contribution in [1.82, 2.24) is 19.5 Å². The molecule has 0 unspecified atom stereocenters. The van der Waals surface area contributed by atoms with E-state index in [1.807, 2.05) is 60.3 Å². The number of benzene rings is 2. The van der Waals surface area contributed by atoms with Crippen LogP contribution in [0.5, 0.6) is 5.75 Å². The normalized spacial score (nSPS) is 11.2. The van der Waals surface area contributed by atoms with E-state index in [0.717, 1.165) is 21.6 Å². The van der Waals surface area contributed by atoms with Gasteiger partial charge in [-0.1, -0.05) is 41.9 Å². The molecule has 0 fully saturated rings. The van der Waals surface area contributed by atoms with Crippen molar-refractivity contribution >= 4 is 33.2 Å². The van der Waals surface area contributed by atoms with Crippen molar-refractivity contribution in [2.75, 3.05) is 7.11 Å². The summed E-state index contributed by atoms with van der Waals surface area (Å²) in [5.74, 6) is 1.70. The van der Waals surface area contributed by atoms with Crippen molar-refractivity contribution in [2.24, 2.45) is 7.05 Å². The lowest BCUT2D eigenvalue weighted by molar-refractivity contribution is 0.415. The van der Waals surface area contributed by atoms with Gasteiger partial charge >= 0.3 is 0 Å². The number of aryl methyl sites for hydroxylation is 1. The van der Waals surface area contributed by atoms with Crippen LogP contribution in [0.25, 0.3) is 43.4 Å². The minimum absolute atomic E-state index is 0.219. The average molecular weight is 449 g/mol. The number of halogens is 1. The quantitative estimate of drug-likeness (QED) is 0.400. The molecule has 0 amide bonds. The molecule has 0 saturated heterocycles. The molecule has 154 valence electrons. The molecule has 0 atom stereocenters. The first kappa shape index (κ1) is 19.5. The number of hydrogen-bond acceptors (Lipinski definition) is 5. The molecule has 1 N–H and O–H groups in total. The molecule has 0 aliphatic rings. The molecule has 0 radical (unpaired) electrons. The summed E-state index contributed by atoms with van der Waals surface area (Å²) in [6.07, 6.45) is 3.48. The zero-order chi connectivity index (χ0) is 21.5. The highest BCUT2D eigenvalue weighted by atomic mass is 35.5. The number of nitrogens with zero attached hydrogens (tertiary/aromatic N) is 3. The number of nitrogens with one attached hydrogen (secondary N) is 1. The van der Waals surface area contributed by atoms with Gasteiger partial charge in [0.1, 0.15) is 10.6 Å². The summed E-state index contributed by atoms with van der Waals surface area (Å²) in [5.41, 5.74) is 2.29. The van der Waals surface area contributed by atoms with Crippen LogP contribution in [-0.2, 0) is 7.05 Å². The topological polar surface area (TPSA) is 72.8 Å². The van der Waals surface area contributed by atoms with Crippen LogP contribution < -0.4 is 10.3 Å². The van der Waals surface area contributed by atoms with Crippen LogP contribution in [0.3, 0.4) is 0 Å². The second kappa shape index (κ2) is 7.68. The molecule has 3 heterocycles. The molecular formula is C23H17ClN4O2S. The predicted octanol–water partition coefficient (Wildman–Crippen LogP) is 5.38. The summed E-state index contributed by atoms with van der Waals surface area (Å²) < 4.78 is 7.22. The summed E-state index contributed by atoms with van der Waals surface area (Å²) in [6.45, 7) is 0. The third-order valence-corrected chi connectivity index (χ3v) is 6.52. The van der Waals surface area contributed by atoms with Crippen LogP contribution in [0.15, 0.2) is 65.7 Å². The van der Waals surface area contributed by atoms with E-state index in [2.05, 4.69) is 9.97 Å². The maximum Gasteiger partial charge on any atom is 0.260 e. The SMILES string of the molecule is COc1ccc(Cl)c(-c2sc3nc(-c4nccn4C)[nH]c(=O)c3c2-c2ccccc2)c1. The van der Waals surface area contributed by atoms with Crippen molar-refractivity contribution in [3.8, 4) is 39.0 Å². The number of aromatic nitrogens is 4. The van der Waals surface area contributed by atoms with Gasteiger partial charge < -0.3 is 14.3 Å².